The molecule has 2 aromatic rings. The maximum absolute atomic E-state index is 13.1. The van der Waals surface area contributed by atoms with Gasteiger partial charge in [-0.1, -0.05) is 6.07 Å². The zero-order valence-corrected chi connectivity index (χ0v) is 19.8. The first kappa shape index (κ1) is 23.0. The lowest BCUT2D eigenvalue weighted by atomic mass is 9.96. The van der Waals surface area contributed by atoms with Gasteiger partial charge in [0.15, 0.2) is 5.13 Å². The Balaban J connectivity index is 1.35. The minimum absolute atomic E-state index is 0.0417. The number of nitrogens with one attached hydrogen (secondary N) is 1. The van der Waals surface area contributed by atoms with Crippen LogP contribution in [-0.2, 0) is 9.59 Å². The fourth-order valence-corrected chi connectivity index (χ4v) is 4.98. The van der Waals surface area contributed by atoms with E-state index in [1.165, 1.54) is 11.3 Å². The number of nitrogens with zero attached hydrogens (tertiary/aromatic N) is 4. The van der Waals surface area contributed by atoms with Crippen molar-refractivity contribution in [2.45, 2.75) is 19.8 Å². The molecular weight excluding hydrogens is 442 g/mol. The summed E-state index contributed by atoms with van der Waals surface area (Å²) in [7, 11) is 1.61. The van der Waals surface area contributed by atoms with Crippen molar-refractivity contribution in [3.05, 3.63) is 35.3 Å². The average molecular weight is 472 g/mol. The molecule has 1 N–H and O–H groups in total. The Labute approximate surface area is 197 Å². The number of thiazole rings is 1. The van der Waals surface area contributed by atoms with E-state index in [1.807, 2.05) is 29.2 Å². The van der Waals surface area contributed by atoms with Crippen molar-refractivity contribution in [3.8, 4) is 5.75 Å². The Kier molecular flexibility index (Phi) is 7.12. The van der Waals surface area contributed by atoms with Crippen molar-refractivity contribution in [1.82, 2.24) is 19.7 Å². The van der Waals surface area contributed by atoms with Crippen LogP contribution in [0.2, 0.25) is 0 Å². The summed E-state index contributed by atoms with van der Waals surface area (Å²) in [4.78, 5) is 47.4. The summed E-state index contributed by atoms with van der Waals surface area (Å²) in [5.41, 5.74) is 1.21. The highest BCUT2D eigenvalue weighted by Gasteiger charge is 2.33. The maximum Gasteiger partial charge on any atom is 0.273 e. The van der Waals surface area contributed by atoms with Crippen LogP contribution in [0.4, 0.5) is 10.8 Å². The summed E-state index contributed by atoms with van der Waals surface area (Å²) in [6.07, 6.45) is 1.56. The number of piperidine rings is 1. The minimum Gasteiger partial charge on any atom is -0.497 e. The third kappa shape index (κ3) is 5.44. The van der Waals surface area contributed by atoms with Gasteiger partial charge in [0.25, 0.3) is 5.91 Å². The number of ether oxygens (including phenoxy) is 1. The average Bonchev–Trinajstić information content (AvgIpc) is 3.31. The van der Waals surface area contributed by atoms with Crippen molar-refractivity contribution in [3.63, 3.8) is 0 Å². The molecule has 0 spiro atoms. The van der Waals surface area contributed by atoms with Crippen LogP contribution in [0.1, 0.15) is 30.3 Å². The van der Waals surface area contributed by atoms with Gasteiger partial charge in [-0.15, -0.1) is 11.3 Å². The molecule has 176 valence electrons. The normalized spacial score (nSPS) is 18.7. The van der Waals surface area contributed by atoms with E-state index in [1.54, 1.807) is 29.2 Å². The Morgan fingerprint density at radius 1 is 1.09 bits per heavy atom. The Hall–Kier alpha value is -3.14. The van der Waals surface area contributed by atoms with Crippen LogP contribution >= 0.6 is 11.3 Å². The molecule has 0 radical (unpaired) electrons. The van der Waals surface area contributed by atoms with Crippen molar-refractivity contribution in [1.29, 1.82) is 0 Å². The molecule has 1 aromatic heterocycles. The van der Waals surface area contributed by atoms with Crippen LogP contribution in [-0.4, -0.2) is 83.8 Å². The molecule has 33 heavy (non-hydrogen) atoms. The second kappa shape index (κ2) is 10.2. The SMILES string of the molecule is COc1cccc(Nc2nc(C(=O)N3CCCC(C(=O)N4CCN(C(C)=O)CC4)C3)cs2)c1. The third-order valence-electron chi connectivity index (χ3n) is 6.14. The van der Waals surface area contributed by atoms with Gasteiger partial charge in [0, 0.05) is 63.3 Å². The molecule has 0 aliphatic carbocycles. The molecule has 2 aliphatic heterocycles. The number of piperazine rings is 1. The van der Waals surface area contributed by atoms with E-state index in [-0.39, 0.29) is 23.6 Å². The van der Waals surface area contributed by atoms with Gasteiger partial charge in [0.2, 0.25) is 11.8 Å². The number of anilines is 2. The number of aromatic nitrogens is 1. The molecule has 2 aliphatic rings. The van der Waals surface area contributed by atoms with Gasteiger partial charge in [-0.05, 0) is 25.0 Å². The van der Waals surface area contributed by atoms with Crippen molar-refractivity contribution in [2.75, 3.05) is 51.7 Å². The molecule has 3 amide bonds. The lowest BCUT2D eigenvalue weighted by Gasteiger charge is -2.38. The summed E-state index contributed by atoms with van der Waals surface area (Å²) in [6, 6.07) is 7.51. The van der Waals surface area contributed by atoms with E-state index in [4.69, 9.17) is 4.74 Å². The molecule has 3 heterocycles. The molecule has 9 nitrogen and oxygen atoms in total. The number of methoxy groups -OCH3 is 1. The van der Waals surface area contributed by atoms with E-state index >= 15 is 0 Å². The molecule has 1 unspecified atom stereocenters. The second-order valence-corrected chi connectivity index (χ2v) is 9.17. The fraction of sp³-hybridized carbons (Fsp3) is 0.478. The molecule has 4 rings (SSSR count). The van der Waals surface area contributed by atoms with Crippen LogP contribution in [0, 0.1) is 5.92 Å². The number of amides is 3. The van der Waals surface area contributed by atoms with Gasteiger partial charge in [0.1, 0.15) is 11.4 Å². The predicted octanol–water partition coefficient (Wildman–Crippen LogP) is 2.44. The number of hydrogen-bond donors (Lipinski definition) is 1. The van der Waals surface area contributed by atoms with Gasteiger partial charge in [-0.2, -0.15) is 0 Å². The molecule has 2 saturated heterocycles. The van der Waals surface area contributed by atoms with E-state index < -0.39 is 0 Å². The lowest BCUT2D eigenvalue weighted by Crippen LogP contribution is -2.53. The highest BCUT2D eigenvalue weighted by atomic mass is 32.1. The van der Waals surface area contributed by atoms with Crippen LogP contribution in [0.5, 0.6) is 5.75 Å². The Bertz CT molecular complexity index is 1020. The molecule has 0 saturated carbocycles. The highest BCUT2D eigenvalue weighted by molar-refractivity contribution is 7.14. The monoisotopic (exact) mass is 471 g/mol. The summed E-state index contributed by atoms with van der Waals surface area (Å²) in [5.74, 6) is 0.498. The van der Waals surface area contributed by atoms with Gasteiger partial charge < -0.3 is 24.8 Å². The quantitative estimate of drug-likeness (QED) is 0.720. The molecule has 10 heteroatoms. The summed E-state index contributed by atoms with van der Waals surface area (Å²) < 4.78 is 5.24. The summed E-state index contributed by atoms with van der Waals surface area (Å²) >= 11 is 1.36. The Morgan fingerprint density at radius 3 is 2.58 bits per heavy atom. The van der Waals surface area contributed by atoms with Crippen LogP contribution in [0.3, 0.4) is 0 Å². The fourth-order valence-electron chi connectivity index (χ4n) is 4.28. The van der Waals surface area contributed by atoms with Crippen LogP contribution in [0.15, 0.2) is 29.6 Å². The predicted molar refractivity (Wildman–Crippen MR) is 126 cm³/mol. The van der Waals surface area contributed by atoms with E-state index in [9.17, 15) is 14.4 Å². The second-order valence-electron chi connectivity index (χ2n) is 8.32. The molecule has 2 fully saturated rings. The molecule has 1 aromatic carbocycles. The first-order chi connectivity index (χ1) is 15.9. The van der Waals surface area contributed by atoms with Crippen LogP contribution in [0.25, 0.3) is 0 Å². The highest BCUT2D eigenvalue weighted by Crippen LogP contribution is 2.26. The number of rotatable bonds is 5. The van der Waals surface area contributed by atoms with Gasteiger partial charge in [-0.25, -0.2) is 4.98 Å². The number of carbonyl (C=O) groups excluding carboxylic acids is 3. The molecule has 1 atom stereocenters. The molecular formula is C23H29N5O4S. The minimum atomic E-state index is -0.209. The van der Waals surface area contributed by atoms with E-state index in [0.29, 0.717) is 50.1 Å². The maximum atomic E-state index is 13.1. The molecule has 0 bridgehead atoms. The van der Waals surface area contributed by atoms with Gasteiger partial charge in [-0.3, -0.25) is 14.4 Å². The zero-order chi connectivity index (χ0) is 23.4. The number of carbonyl (C=O) groups is 3. The first-order valence-electron chi connectivity index (χ1n) is 11.1. The Morgan fingerprint density at radius 2 is 1.85 bits per heavy atom. The van der Waals surface area contributed by atoms with E-state index in [2.05, 4.69) is 10.3 Å². The number of benzene rings is 1. The van der Waals surface area contributed by atoms with Gasteiger partial charge >= 0.3 is 0 Å². The van der Waals surface area contributed by atoms with Crippen molar-refractivity contribution >= 4 is 39.9 Å². The van der Waals surface area contributed by atoms with Gasteiger partial charge in [0.05, 0.1) is 13.0 Å². The smallest absolute Gasteiger partial charge is 0.273 e. The van der Waals surface area contributed by atoms with Crippen LogP contribution < -0.4 is 10.1 Å². The largest absolute Gasteiger partial charge is 0.497 e. The van der Waals surface area contributed by atoms with E-state index in [0.717, 1.165) is 24.3 Å². The summed E-state index contributed by atoms with van der Waals surface area (Å²) in [5, 5.41) is 5.58. The number of likely N-dealkylation sites (tertiary alicyclic amines) is 1. The van der Waals surface area contributed by atoms with Crippen molar-refractivity contribution < 1.29 is 19.1 Å². The summed E-state index contributed by atoms with van der Waals surface area (Å²) in [6.45, 7) is 4.81. The standard InChI is InChI=1S/C23H29N5O4S/c1-16(29)26-9-11-27(12-10-26)21(30)17-5-4-8-28(14-17)22(31)20-15-33-23(25-20)24-18-6-3-7-19(13-18)32-2/h3,6-7,13,15,17H,4-5,8-12,14H2,1-2H3,(H,24,25). The number of hydrogen-bond acceptors (Lipinski definition) is 7. The first-order valence-corrected chi connectivity index (χ1v) is 12.0. The topological polar surface area (TPSA) is 95.1 Å². The third-order valence-corrected chi connectivity index (χ3v) is 6.90. The zero-order valence-electron chi connectivity index (χ0n) is 19.0. The van der Waals surface area contributed by atoms with Crippen molar-refractivity contribution in [2.24, 2.45) is 5.92 Å². The lowest BCUT2D eigenvalue weighted by molar-refractivity contribution is -0.142.